The molecule has 0 aromatic carbocycles. The molecule has 0 spiro atoms. The summed E-state index contributed by atoms with van der Waals surface area (Å²) >= 11 is 1.47. The van der Waals surface area contributed by atoms with Crippen LogP contribution in [0.3, 0.4) is 0 Å². The van der Waals surface area contributed by atoms with E-state index in [1.54, 1.807) is 6.92 Å². The highest BCUT2D eigenvalue weighted by molar-refractivity contribution is 7.13. The highest BCUT2D eigenvalue weighted by Gasteiger charge is 2.11. The van der Waals surface area contributed by atoms with E-state index in [9.17, 15) is 4.79 Å². The normalized spacial score (nSPS) is 10.6. The molecule has 0 N–H and O–H groups in total. The molecule has 0 saturated heterocycles. The van der Waals surface area contributed by atoms with Crippen LogP contribution >= 0.6 is 11.3 Å². The number of furan rings is 1. The number of hydrogen-bond donors (Lipinski definition) is 0. The van der Waals surface area contributed by atoms with Gasteiger partial charge in [0.05, 0.1) is 18.7 Å². The van der Waals surface area contributed by atoms with Crippen LogP contribution in [-0.4, -0.2) is 17.6 Å². The first-order valence-corrected chi connectivity index (χ1v) is 6.80. The number of aromatic nitrogens is 1. The Morgan fingerprint density at radius 2 is 2.28 bits per heavy atom. The Morgan fingerprint density at radius 1 is 1.44 bits per heavy atom. The lowest BCUT2D eigenvalue weighted by atomic mass is 10.3. The van der Waals surface area contributed by atoms with Gasteiger partial charge in [-0.15, -0.1) is 11.3 Å². The van der Waals surface area contributed by atoms with Crippen LogP contribution in [0.15, 0.2) is 21.9 Å². The molecule has 2 rings (SSSR count). The van der Waals surface area contributed by atoms with E-state index >= 15 is 0 Å². The second-order valence-electron chi connectivity index (χ2n) is 3.75. The van der Waals surface area contributed by atoms with Gasteiger partial charge in [-0.3, -0.25) is 4.79 Å². The third-order valence-corrected chi connectivity index (χ3v) is 3.31. The zero-order valence-electron chi connectivity index (χ0n) is 10.4. The first-order chi connectivity index (χ1) is 8.72. The zero-order valence-corrected chi connectivity index (χ0v) is 11.3. The van der Waals surface area contributed by atoms with E-state index in [2.05, 4.69) is 4.98 Å². The number of hydrogen-bond acceptors (Lipinski definition) is 5. The molecule has 2 aromatic rings. The number of aryl methyl sites for hydroxylation is 1. The van der Waals surface area contributed by atoms with Crippen LogP contribution in [0.1, 0.15) is 25.3 Å². The minimum absolute atomic E-state index is 0.214. The fraction of sp³-hybridized carbons (Fsp3) is 0.385. The number of rotatable bonds is 5. The number of thiazole rings is 1. The van der Waals surface area contributed by atoms with Crippen molar-refractivity contribution in [3.63, 3.8) is 0 Å². The maximum atomic E-state index is 11.3. The monoisotopic (exact) mass is 265 g/mol. The molecule has 0 aliphatic rings. The van der Waals surface area contributed by atoms with Gasteiger partial charge in [0, 0.05) is 11.8 Å². The largest absolute Gasteiger partial charge is 0.466 e. The van der Waals surface area contributed by atoms with Crippen LogP contribution in [-0.2, 0) is 22.4 Å². The van der Waals surface area contributed by atoms with E-state index < -0.39 is 0 Å². The van der Waals surface area contributed by atoms with Crippen molar-refractivity contribution in [3.05, 3.63) is 29.0 Å². The summed E-state index contributed by atoms with van der Waals surface area (Å²) in [6, 6.07) is 3.85. The number of carbonyl (C=O) groups is 1. The molecule has 0 radical (unpaired) electrons. The molecule has 18 heavy (non-hydrogen) atoms. The SMILES string of the molecule is CCOC(=O)Cc1csc(-c2ccc(CC)o2)n1. The lowest BCUT2D eigenvalue weighted by Gasteiger charge is -1.97. The smallest absolute Gasteiger partial charge is 0.311 e. The summed E-state index contributed by atoms with van der Waals surface area (Å²) in [6.07, 6.45) is 1.08. The predicted octanol–water partition coefficient (Wildman–Crippen LogP) is 3.07. The molecule has 0 bridgehead atoms. The Bertz CT molecular complexity index is 530. The molecular formula is C13H15NO3S. The van der Waals surface area contributed by atoms with Gasteiger partial charge in [-0.2, -0.15) is 0 Å². The second kappa shape index (κ2) is 5.82. The van der Waals surface area contributed by atoms with Gasteiger partial charge in [-0.05, 0) is 19.1 Å². The molecule has 2 heterocycles. The molecule has 0 atom stereocenters. The molecular weight excluding hydrogens is 250 g/mol. The molecule has 0 fully saturated rings. The van der Waals surface area contributed by atoms with E-state index in [0.717, 1.165) is 28.6 Å². The Hall–Kier alpha value is -1.62. The number of nitrogens with zero attached hydrogens (tertiary/aromatic N) is 1. The second-order valence-corrected chi connectivity index (χ2v) is 4.60. The van der Waals surface area contributed by atoms with Crippen molar-refractivity contribution in [1.29, 1.82) is 0 Å². The van der Waals surface area contributed by atoms with Crippen molar-refractivity contribution in [2.75, 3.05) is 6.61 Å². The van der Waals surface area contributed by atoms with E-state index in [1.165, 1.54) is 11.3 Å². The fourth-order valence-electron chi connectivity index (χ4n) is 1.54. The summed E-state index contributed by atoms with van der Waals surface area (Å²) in [5, 5.41) is 2.66. The predicted molar refractivity (Wildman–Crippen MR) is 69.5 cm³/mol. The van der Waals surface area contributed by atoms with E-state index in [-0.39, 0.29) is 12.4 Å². The Kier molecular flexibility index (Phi) is 4.15. The molecule has 0 amide bonds. The first kappa shape index (κ1) is 12.8. The lowest BCUT2D eigenvalue weighted by molar-refractivity contribution is -0.142. The Labute approximate surface area is 110 Å². The Morgan fingerprint density at radius 3 is 2.94 bits per heavy atom. The summed E-state index contributed by atoms with van der Waals surface area (Å²) in [7, 11) is 0. The molecule has 5 heteroatoms. The van der Waals surface area contributed by atoms with Gasteiger partial charge in [0.15, 0.2) is 10.8 Å². The summed E-state index contributed by atoms with van der Waals surface area (Å²) in [5.41, 5.74) is 0.725. The van der Waals surface area contributed by atoms with Crippen LogP contribution in [0.25, 0.3) is 10.8 Å². The molecule has 0 aliphatic heterocycles. The Balaban J connectivity index is 2.07. The van der Waals surface area contributed by atoms with Gasteiger partial charge < -0.3 is 9.15 Å². The van der Waals surface area contributed by atoms with E-state index in [4.69, 9.17) is 9.15 Å². The molecule has 0 unspecified atom stereocenters. The van der Waals surface area contributed by atoms with Gasteiger partial charge in [0.2, 0.25) is 0 Å². The highest BCUT2D eigenvalue weighted by Crippen LogP contribution is 2.26. The zero-order chi connectivity index (χ0) is 13.0. The summed E-state index contributed by atoms with van der Waals surface area (Å²) < 4.78 is 10.5. The van der Waals surface area contributed by atoms with Gasteiger partial charge in [-0.1, -0.05) is 6.92 Å². The van der Waals surface area contributed by atoms with Crippen molar-refractivity contribution in [2.45, 2.75) is 26.7 Å². The van der Waals surface area contributed by atoms with Crippen molar-refractivity contribution in [3.8, 4) is 10.8 Å². The van der Waals surface area contributed by atoms with Crippen LogP contribution in [0.4, 0.5) is 0 Å². The molecule has 0 aliphatic carbocycles. The highest BCUT2D eigenvalue weighted by atomic mass is 32.1. The van der Waals surface area contributed by atoms with Crippen LogP contribution in [0.5, 0.6) is 0 Å². The topological polar surface area (TPSA) is 52.3 Å². The third kappa shape index (κ3) is 2.98. The summed E-state index contributed by atoms with van der Waals surface area (Å²) in [4.78, 5) is 15.7. The average Bonchev–Trinajstić information content (AvgIpc) is 2.96. The molecule has 0 saturated carbocycles. The van der Waals surface area contributed by atoms with Crippen molar-refractivity contribution >= 4 is 17.3 Å². The number of carbonyl (C=O) groups excluding carboxylic acids is 1. The quantitative estimate of drug-likeness (QED) is 0.780. The molecule has 2 aromatic heterocycles. The van der Waals surface area contributed by atoms with Gasteiger partial charge in [0.1, 0.15) is 5.76 Å². The third-order valence-electron chi connectivity index (χ3n) is 2.40. The van der Waals surface area contributed by atoms with Crippen LogP contribution in [0, 0.1) is 0 Å². The molecule has 96 valence electrons. The minimum atomic E-state index is -0.247. The van der Waals surface area contributed by atoms with Gasteiger partial charge in [0.25, 0.3) is 0 Å². The number of esters is 1. The fourth-order valence-corrected chi connectivity index (χ4v) is 2.32. The lowest BCUT2D eigenvalue weighted by Crippen LogP contribution is -2.07. The first-order valence-electron chi connectivity index (χ1n) is 5.92. The van der Waals surface area contributed by atoms with Crippen LogP contribution in [0.2, 0.25) is 0 Å². The van der Waals surface area contributed by atoms with Crippen molar-refractivity contribution in [1.82, 2.24) is 4.98 Å². The maximum Gasteiger partial charge on any atom is 0.311 e. The van der Waals surface area contributed by atoms with Gasteiger partial charge >= 0.3 is 5.97 Å². The molecule has 4 nitrogen and oxygen atoms in total. The van der Waals surface area contributed by atoms with E-state index in [1.807, 2.05) is 24.4 Å². The summed E-state index contributed by atoms with van der Waals surface area (Å²) in [6.45, 7) is 4.23. The van der Waals surface area contributed by atoms with Crippen molar-refractivity contribution < 1.29 is 13.9 Å². The minimum Gasteiger partial charge on any atom is -0.466 e. The maximum absolute atomic E-state index is 11.3. The van der Waals surface area contributed by atoms with Gasteiger partial charge in [-0.25, -0.2) is 4.98 Å². The van der Waals surface area contributed by atoms with Crippen LogP contribution < -0.4 is 0 Å². The van der Waals surface area contributed by atoms with Crippen molar-refractivity contribution in [2.24, 2.45) is 0 Å². The standard InChI is InChI=1S/C13H15NO3S/c1-3-10-5-6-11(17-10)13-14-9(8-18-13)7-12(15)16-4-2/h5-6,8H,3-4,7H2,1-2H3. The average molecular weight is 265 g/mol. The van der Waals surface area contributed by atoms with E-state index in [0.29, 0.717) is 6.61 Å². The number of ether oxygens (including phenoxy) is 1. The summed E-state index contributed by atoms with van der Waals surface area (Å²) in [5.74, 6) is 1.45.